The summed E-state index contributed by atoms with van der Waals surface area (Å²) < 4.78 is 0. The molecule has 1 aliphatic carbocycles. The van der Waals surface area contributed by atoms with Crippen molar-refractivity contribution in [2.45, 2.75) is 33.6 Å². The number of rotatable bonds is 2. The first-order valence-corrected chi connectivity index (χ1v) is 5.30. The molecule has 0 fully saturated rings. The van der Waals surface area contributed by atoms with Gasteiger partial charge in [-0.3, -0.25) is 0 Å². The Hall–Kier alpha value is -1.04. The molecular formula is C14H20. The summed E-state index contributed by atoms with van der Waals surface area (Å²) in [5.41, 5.74) is 1.61. The van der Waals surface area contributed by atoms with Crippen molar-refractivity contribution in [2.24, 2.45) is 5.41 Å². The Bertz CT molecular complexity index is 280. The van der Waals surface area contributed by atoms with Gasteiger partial charge >= 0.3 is 0 Å². The standard InChI is InChI=1S/C14H20/c1-14(2,3)12-8-7-11-13-9-5-4-6-10-13/h5,7-12H,4,6H2,1-3H3/b11-7-,12-8+. The zero-order chi connectivity index (χ0) is 10.4. The van der Waals surface area contributed by atoms with Gasteiger partial charge in [0.15, 0.2) is 0 Å². The first-order valence-electron chi connectivity index (χ1n) is 5.30. The van der Waals surface area contributed by atoms with Crippen LogP contribution in [0.2, 0.25) is 0 Å². The second-order valence-electron chi connectivity index (χ2n) is 4.77. The molecule has 0 nitrogen and oxygen atoms in total. The lowest BCUT2D eigenvalue weighted by Crippen LogP contribution is -1.97. The van der Waals surface area contributed by atoms with Crippen LogP contribution in [-0.4, -0.2) is 0 Å². The largest absolute Gasteiger partial charge is 0.0836 e. The topological polar surface area (TPSA) is 0 Å². The molecule has 0 unspecified atom stereocenters. The van der Waals surface area contributed by atoms with Crippen LogP contribution in [0, 0.1) is 5.41 Å². The second kappa shape index (κ2) is 4.99. The molecule has 14 heavy (non-hydrogen) atoms. The highest BCUT2D eigenvalue weighted by atomic mass is 14.1. The summed E-state index contributed by atoms with van der Waals surface area (Å²) in [4.78, 5) is 0. The van der Waals surface area contributed by atoms with Crippen LogP contribution in [0.15, 0.2) is 48.1 Å². The van der Waals surface area contributed by atoms with E-state index in [1.807, 2.05) is 0 Å². The fourth-order valence-electron chi connectivity index (χ4n) is 1.27. The maximum Gasteiger partial charge on any atom is -0.0200 e. The zero-order valence-corrected chi connectivity index (χ0v) is 9.46. The van der Waals surface area contributed by atoms with Crippen molar-refractivity contribution in [3.8, 4) is 0 Å². The monoisotopic (exact) mass is 188 g/mol. The van der Waals surface area contributed by atoms with Crippen LogP contribution in [-0.2, 0) is 0 Å². The van der Waals surface area contributed by atoms with E-state index in [0.29, 0.717) is 0 Å². The van der Waals surface area contributed by atoms with Gasteiger partial charge in [-0.25, -0.2) is 0 Å². The molecule has 0 aliphatic heterocycles. The van der Waals surface area contributed by atoms with E-state index < -0.39 is 0 Å². The predicted molar refractivity (Wildman–Crippen MR) is 64.2 cm³/mol. The smallest absolute Gasteiger partial charge is 0.0200 e. The van der Waals surface area contributed by atoms with E-state index in [4.69, 9.17) is 0 Å². The molecule has 76 valence electrons. The van der Waals surface area contributed by atoms with Crippen molar-refractivity contribution in [3.05, 3.63) is 48.1 Å². The van der Waals surface area contributed by atoms with Crippen molar-refractivity contribution < 1.29 is 0 Å². The van der Waals surface area contributed by atoms with Gasteiger partial charge in [0.1, 0.15) is 0 Å². The molecule has 0 aromatic carbocycles. The first kappa shape index (κ1) is 11.0. The fraction of sp³-hybridized carbons (Fsp3) is 0.429. The molecule has 1 aliphatic rings. The van der Waals surface area contributed by atoms with Gasteiger partial charge in [-0.15, -0.1) is 0 Å². The van der Waals surface area contributed by atoms with Gasteiger partial charge in [-0.2, -0.15) is 0 Å². The fourth-order valence-corrected chi connectivity index (χ4v) is 1.27. The SMILES string of the molecule is CC(C)(C)/C=C/C=C\C1=CCCC=C1. The summed E-state index contributed by atoms with van der Waals surface area (Å²) in [6.45, 7) is 6.62. The summed E-state index contributed by atoms with van der Waals surface area (Å²) in [5.74, 6) is 0. The first-order chi connectivity index (χ1) is 6.58. The normalized spacial score (nSPS) is 18.1. The quantitative estimate of drug-likeness (QED) is 0.563. The van der Waals surface area contributed by atoms with Gasteiger partial charge in [-0.05, 0) is 23.8 Å². The van der Waals surface area contributed by atoms with Crippen LogP contribution in [0.4, 0.5) is 0 Å². The molecule has 0 aromatic rings. The third kappa shape index (κ3) is 4.86. The lowest BCUT2D eigenvalue weighted by atomic mass is 9.96. The summed E-state index contributed by atoms with van der Waals surface area (Å²) in [5, 5.41) is 0. The second-order valence-corrected chi connectivity index (χ2v) is 4.77. The van der Waals surface area contributed by atoms with Crippen molar-refractivity contribution in [1.29, 1.82) is 0 Å². The molecule has 0 spiro atoms. The molecule has 0 atom stereocenters. The molecule has 0 heterocycles. The molecule has 1 rings (SSSR count). The van der Waals surface area contributed by atoms with Gasteiger partial charge in [0.25, 0.3) is 0 Å². The summed E-state index contributed by atoms with van der Waals surface area (Å²) in [6, 6.07) is 0. The van der Waals surface area contributed by atoms with Crippen LogP contribution in [0.5, 0.6) is 0 Å². The van der Waals surface area contributed by atoms with Gasteiger partial charge in [0, 0.05) is 0 Å². The molecule has 0 aromatic heterocycles. The molecule has 0 N–H and O–H groups in total. The summed E-state index contributed by atoms with van der Waals surface area (Å²) >= 11 is 0. The minimum Gasteiger partial charge on any atom is -0.0836 e. The summed E-state index contributed by atoms with van der Waals surface area (Å²) in [6.07, 6.45) is 17.7. The highest BCUT2D eigenvalue weighted by Gasteiger charge is 2.01. The molecular weight excluding hydrogens is 168 g/mol. The zero-order valence-electron chi connectivity index (χ0n) is 9.46. The lowest BCUT2D eigenvalue weighted by molar-refractivity contribution is 0.544. The van der Waals surface area contributed by atoms with Gasteiger partial charge in [0.05, 0.1) is 0 Å². The molecule has 0 saturated heterocycles. The van der Waals surface area contributed by atoms with Crippen molar-refractivity contribution >= 4 is 0 Å². The van der Waals surface area contributed by atoms with E-state index in [-0.39, 0.29) is 5.41 Å². The molecule has 0 radical (unpaired) electrons. The minimum atomic E-state index is 0.279. The lowest BCUT2D eigenvalue weighted by Gasteiger charge is -2.09. The number of hydrogen-bond donors (Lipinski definition) is 0. The highest BCUT2D eigenvalue weighted by molar-refractivity contribution is 5.34. The molecule has 0 saturated carbocycles. The Kier molecular flexibility index (Phi) is 3.94. The van der Waals surface area contributed by atoms with Crippen LogP contribution < -0.4 is 0 Å². The predicted octanol–water partition coefficient (Wildman–Crippen LogP) is 4.42. The van der Waals surface area contributed by atoms with Crippen molar-refractivity contribution in [1.82, 2.24) is 0 Å². The van der Waals surface area contributed by atoms with E-state index >= 15 is 0 Å². The van der Waals surface area contributed by atoms with E-state index in [0.717, 1.165) is 0 Å². The minimum absolute atomic E-state index is 0.279. The molecule has 0 bridgehead atoms. The van der Waals surface area contributed by atoms with Crippen LogP contribution in [0.25, 0.3) is 0 Å². The maximum atomic E-state index is 2.28. The van der Waals surface area contributed by atoms with Gasteiger partial charge in [0.2, 0.25) is 0 Å². The van der Waals surface area contributed by atoms with E-state index in [9.17, 15) is 0 Å². The van der Waals surface area contributed by atoms with Crippen molar-refractivity contribution in [2.75, 3.05) is 0 Å². The average Bonchev–Trinajstić information content (AvgIpc) is 2.13. The average molecular weight is 188 g/mol. The van der Waals surface area contributed by atoms with Crippen LogP contribution in [0.1, 0.15) is 33.6 Å². The Morgan fingerprint density at radius 1 is 1.14 bits per heavy atom. The van der Waals surface area contributed by atoms with Crippen LogP contribution in [0.3, 0.4) is 0 Å². The van der Waals surface area contributed by atoms with E-state index in [1.54, 1.807) is 0 Å². The number of allylic oxidation sites excluding steroid dienone is 8. The van der Waals surface area contributed by atoms with Gasteiger partial charge in [-0.1, -0.05) is 63.3 Å². The van der Waals surface area contributed by atoms with Crippen molar-refractivity contribution in [3.63, 3.8) is 0 Å². The molecule has 0 heteroatoms. The Labute approximate surface area is 87.7 Å². The third-order valence-electron chi connectivity index (χ3n) is 2.02. The number of hydrogen-bond acceptors (Lipinski definition) is 0. The molecule has 0 amide bonds. The van der Waals surface area contributed by atoms with E-state index in [2.05, 4.69) is 63.3 Å². The van der Waals surface area contributed by atoms with E-state index in [1.165, 1.54) is 18.4 Å². The maximum absolute atomic E-state index is 2.28. The third-order valence-corrected chi connectivity index (χ3v) is 2.02. The summed E-state index contributed by atoms with van der Waals surface area (Å²) in [7, 11) is 0. The van der Waals surface area contributed by atoms with Gasteiger partial charge < -0.3 is 0 Å². The highest BCUT2D eigenvalue weighted by Crippen LogP contribution is 2.15. The van der Waals surface area contributed by atoms with Crippen LogP contribution >= 0.6 is 0 Å². The Morgan fingerprint density at radius 3 is 2.50 bits per heavy atom. The Balaban J connectivity index is 2.45. The Morgan fingerprint density at radius 2 is 1.93 bits per heavy atom.